The van der Waals surface area contributed by atoms with Crippen molar-refractivity contribution in [3.05, 3.63) is 83.2 Å². The lowest BCUT2D eigenvalue weighted by Gasteiger charge is -2.11. The van der Waals surface area contributed by atoms with E-state index in [0.717, 1.165) is 12.3 Å². The van der Waals surface area contributed by atoms with Crippen LogP contribution >= 0.6 is 0 Å². The quantitative estimate of drug-likeness (QED) is 0.516. The minimum absolute atomic E-state index is 0.0736. The Bertz CT molecular complexity index is 1280. The maximum atomic E-state index is 13.5. The highest BCUT2D eigenvalue weighted by Gasteiger charge is 2.34. The van der Waals surface area contributed by atoms with Gasteiger partial charge in [-0.15, -0.1) is 0 Å². The predicted octanol–water partition coefficient (Wildman–Crippen LogP) is 5.61. The Morgan fingerprint density at radius 3 is 2.69 bits per heavy atom. The monoisotopic (exact) mass is 442 g/mol. The summed E-state index contributed by atoms with van der Waals surface area (Å²) in [6.45, 7) is 1.66. The van der Waals surface area contributed by atoms with E-state index in [2.05, 4.69) is 20.5 Å². The number of fused-ring (bicyclic) bond motifs is 1. The van der Waals surface area contributed by atoms with E-state index in [1.165, 1.54) is 18.3 Å². The molecule has 32 heavy (non-hydrogen) atoms. The number of amides is 1. The van der Waals surface area contributed by atoms with Crippen LogP contribution in [0.4, 0.5) is 17.6 Å². The van der Waals surface area contributed by atoms with E-state index >= 15 is 0 Å². The van der Waals surface area contributed by atoms with E-state index in [9.17, 15) is 22.4 Å². The van der Waals surface area contributed by atoms with Crippen molar-refractivity contribution in [1.29, 1.82) is 0 Å². The summed E-state index contributed by atoms with van der Waals surface area (Å²) in [7, 11) is 0. The van der Waals surface area contributed by atoms with Crippen molar-refractivity contribution in [2.75, 3.05) is 0 Å². The van der Waals surface area contributed by atoms with Crippen LogP contribution in [0, 0.1) is 5.82 Å². The number of carbonyl (C=O) groups excluding carboxylic acids is 1. The Balaban J connectivity index is 1.61. The molecule has 0 saturated carbocycles. The normalized spacial score (nSPS) is 14.5. The summed E-state index contributed by atoms with van der Waals surface area (Å²) >= 11 is 0. The molecule has 0 spiro atoms. The molecule has 164 valence electrons. The second kappa shape index (κ2) is 8.41. The highest BCUT2D eigenvalue weighted by Crippen LogP contribution is 2.33. The molecule has 0 fully saturated rings. The van der Waals surface area contributed by atoms with Crippen LogP contribution in [0.15, 0.2) is 71.7 Å². The molecular weight excluding hydrogens is 424 g/mol. The van der Waals surface area contributed by atoms with Crippen molar-refractivity contribution in [2.24, 2.45) is 0 Å². The number of nitrogens with zero attached hydrogens (tertiary/aromatic N) is 2. The van der Waals surface area contributed by atoms with Gasteiger partial charge in [0.2, 0.25) is 0 Å². The first-order valence-electron chi connectivity index (χ1n) is 9.84. The van der Waals surface area contributed by atoms with E-state index in [-0.39, 0.29) is 29.8 Å². The lowest BCUT2D eigenvalue weighted by Crippen LogP contribution is -2.22. The smallest absolute Gasteiger partial charge is 0.321 e. The van der Waals surface area contributed by atoms with Gasteiger partial charge in [-0.2, -0.15) is 18.3 Å². The molecule has 2 heterocycles. The van der Waals surface area contributed by atoms with Crippen LogP contribution in [-0.4, -0.2) is 27.3 Å². The van der Waals surface area contributed by atoms with E-state index in [0.29, 0.717) is 22.0 Å². The highest BCUT2D eigenvalue weighted by atomic mass is 19.4. The number of hydrogen-bond acceptors (Lipinski definition) is 3. The van der Waals surface area contributed by atoms with Crippen LogP contribution in [0.2, 0.25) is 0 Å². The van der Waals surface area contributed by atoms with Crippen LogP contribution in [0.1, 0.15) is 30.3 Å². The van der Waals surface area contributed by atoms with Gasteiger partial charge < -0.3 is 5.32 Å². The lowest BCUT2D eigenvalue weighted by atomic mass is 10.0. The first kappa shape index (κ1) is 21.5. The van der Waals surface area contributed by atoms with Crippen LogP contribution in [-0.2, 0) is 0 Å². The van der Waals surface area contributed by atoms with Crippen LogP contribution in [0.25, 0.3) is 22.0 Å². The van der Waals surface area contributed by atoms with E-state index < -0.39 is 23.5 Å². The number of rotatable bonds is 4. The second-order valence-corrected chi connectivity index (χ2v) is 7.24. The molecule has 4 rings (SSSR count). The molecule has 3 aromatic rings. The summed E-state index contributed by atoms with van der Waals surface area (Å²) in [5.41, 5.74) is 1.64. The van der Waals surface area contributed by atoms with Gasteiger partial charge in [0.05, 0.1) is 17.3 Å². The molecule has 0 bridgehead atoms. The third kappa shape index (κ3) is 4.32. The number of alkyl halides is 3. The first-order valence-corrected chi connectivity index (χ1v) is 9.84. The molecule has 0 unspecified atom stereocenters. The largest absolute Gasteiger partial charge is 0.416 e. The number of halogens is 4. The molecule has 9 heteroatoms. The molecule has 0 radical (unpaired) electrons. The summed E-state index contributed by atoms with van der Waals surface area (Å²) in [5.74, 6) is -1.06. The molecule has 0 saturated heterocycles. The number of carbonyl (C=O) groups is 1. The maximum absolute atomic E-state index is 13.5. The van der Waals surface area contributed by atoms with E-state index in [4.69, 9.17) is 0 Å². The lowest BCUT2D eigenvalue weighted by molar-refractivity contribution is -0.0891. The third-order valence-electron chi connectivity index (χ3n) is 5.19. The summed E-state index contributed by atoms with van der Waals surface area (Å²) in [4.78, 5) is 16.7. The Morgan fingerprint density at radius 2 is 1.97 bits per heavy atom. The van der Waals surface area contributed by atoms with Gasteiger partial charge in [-0.25, -0.2) is 4.39 Å². The average Bonchev–Trinajstić information content (AvgIpc) is 3.06. The Labute approximate surface area is 180 Å². The van der Waals surface area contributed by atoms with Crippen molar-refractivity contribution in [3.8, 4) is 11.1 Å². The molecule has 2 aromatic heterocycles. The van der Waals surface area contributed by atoms with Gasteiger partial charge in [0.25, 0.3) is 5.91 Å². The minimum Gasteiger partial charge on any atom is -0.321 e. The molecule has 2 N–H and O–H groups in total. The zero-order valence-electron chi connectivity index (χ0n) is 16.9. The fourth-order valence-electron chi connectivity index (χ4n) is 3.55. The number of pyridine rings is 1. The number of aromatic amines is 1. The van der Waals surface area contributed by atoms with Crippen molar-refractivity contribution in [2.45, 2.75) is 25.9 Å². The molecule has 5 nitrogen and oxygen atoms in total. The summed E-state index contributed by atoms with van der Waals surface area (Å²) in [5, 5.41) is 9.93. The average molecular weight is 442 g/mol. The molecular formula is C23H18F4N4O. The number of hydrogen-bond donors (Lipinski definition) is 2. The number of allylic oxidation sites excluding steroid dienone is 5. The van der Waals surface area contributed by atoms with Crippen molar-refractivity contribution in [1.82, 2.24) is 20.5 Å². The van der Waals surface area contributed by atoms with Crippen LogP contribution in [0.5, 0.6) is 0 Å². The first-order chi connectivity index (χ1) is 15.3. The third-order valence-corrected chi connectivity index (χ3v) is 5.19. The fraction of sp³-hybridized carbons (Fsp3) is 0.174. The van der Waals surface area contributed by atoms with Gasteiger partial charge >= 0.3 is 6.18 Å². The summed E-state index contributed by atoms with van der Waals surface area (Å²) < 4.78 is 53.4. The number of H-pyrrole nitrogens is 1. The zero-order chi connectivity index (χ0) is 22.9. The standard InChI is InChI=1S/C23H18F4N4O/c1-2-13-3-5-17(6-7-19(13)23(25,26)27)29-22(32)21-18-10-14(4-8-20(18)30-31-21)15-9-16(24)12-28-11-15/h4-12H,2-3H2,1H3,(H,29,32)(H,30,31). The summed E-state index contributed by atoms with van der Waals surface area (Å²) in [6.07, 6.45) is 2.22. The molecule has 0 atom stereocenters. The number of aromatic nitrogens is 3. The van der Waals surface area contributed by atoms with Gasteiger partial charge in [-0.05, 0) is 48.8 Å². The summed E-state index contributed by atoms with van der Waals surface area (Å²) in [6, 6.07) is 6.45. The van der Waals surface area contributed by atoms with Gasteiger partial charge in [0.15, 0.2) is 5.69 Å². The van der Waals surface area contributed by atoms with Gasteiger partial charge in [0.1, 0.15) is 5.82 Å². The van der Waals surface area contributed by atoms with Crippen molar-refractivity contribution >= 4 is 16.8 Å². The van der Waals surface area contributed by atoms with Crippen LogP contribution < -0.4 is 5.32 Å². The molecule has 1 aliphatic rings. The van der Waals surface area contributed by atoms with Crippen LogP contribution in [0.3, 0.4) is 0 Å². The van der Waals surface area contributed by atoms with Gasteiger partial charge in [-0.3, -0.25) is 14.9 Å². The SMILES string of the molecule is CCC1=C(C(F)(F)F)C=CC(NC(=O)c2n[nH]c3ccc(-c4cncc(F)c4)cc23)=CC1. The number of benzene rings is 1. The topological polar surface area (TPSA) is 70.7 Å². The van der Waals surface area contributed by atoms with E-state index in [1.807, 2.05) is 0 Å². The number of nitrogens with one attached hydrogen (secondary N) is 2. The van der Waals surface area contributed by atoms with Crippen molar-refractivity contribution < 1.29 is 22.4 Å². The Hall–Kier alpha value is -3.75. The predicted molar refractivity (Wildman–Crippen MR) is 112 cm³/mol. The Morgan fingerprint density at radius 1 is 1.16 bits per heavy atom. The zero-order valence-corrected chi connectivity index (χ0v) is 16.9. The van der Waals surface area contributed by atoms with Gasteiger partial charge in [-0.1, -0.05) is 24.6 Å². The molecule has 0 aliphatic heterocycles. The highest BCUT2D eigenvalue weighted by molar-refractivity contribution is 6.06. The maximum Gasteiger partial charge on any atom is 0.416 e. The fourth-order valence-corrected chi connectivity index (χ4v) is 3.55. The Kier molecular flexibility index (Phi) is 5.65. The minimum atomic E-state index is -4.46. The second-order valence-electron chi connectivity index (χ2n) is 7.24. The van der Waals surface area contributed by atoms with Crippen molar-refractivity contribution in [3.63, 3.8) is 0 Å². The van der Waals surface area contributed by atoms with Gasteiger partial charge in [0, 0.05) is 22.8 Å². The molecule has 1 aliphatic carbocycles. The molecule has 1 aromatic carbocycles. The molecule has 1 amide bonds. The van der Waals surface area contributed by atoms with E-state index in [1.54, 1.807) is 31.2 Å².